The molecular formula is C20H16ClN5O. The van der Waals surface area contributed by atoms with E-state index in [1.165, 1.54) is 6.33 Å². The predicted molar refractivity (Wildman–Crippen MR) is 104 cm³/mol. The van der Waals surface area contributed by atoms with Crippen LogP contribution in [0.1, 0.15) is 21.6 Å². The smallest absolute Gasteiger partial charge is 0.270 e. The number of nitrogens with one attached hydrogen (secondary N) is 2. The second-order valence-electron chi connectivity index (χ2n) is 5.70. The van der Waals surface area contributed by atoms with Gasteiger partial charge in [0.1, 0.15) is 23.9 Å². The van der Waals surface area contributed by atoms with Gasteiger partial charge in [0.05, 0.1) is 11.3 Å². The zero-order chi connectivity index (χ0) is 19.1. The molecule has 2 aromatic carbocycles. The van der Waals surface area contributed by atoms with Crippen LogP contribution in [0.4, 0.5) is 11.5 Å². The average molecular weight is 378 g/mol. The third kappa shape index (κ3) is 5.03. The maximum absolute atomic E-state index is 12.3. The van der Waals surface area contributed by atoms with E-state index in [0.29, 0.717) is 35.1 Å². The van der Waals surface area contributed by atoms with Gasteiger partial charge in [-0.15, -0.1) is 0 Å². The first-order chi connectivity index (χ1) is 13.2. The van der Waals surface area contributed by atoms with Crippen molar-refractivity contribution < 1.29 is 4.79 Å². The molecule has 1 aromatic heterocycles. The third-order valence-corrected chi connectivity index (χ3v) is 4.07. The Kier molecular flexibility index (Phi) is 5.98. The van der Waals surface area contributed by atoms with E-state index in [9.17, 15) is 4.79 Å². The fourth-order valence-electron chi connectivity index (χ4n) is 2.44. The average Bonchev–Trinajstić information content (AvgIpc) is 2.70. The molecule has 3 aromatic rings. The highest BCUT2D eigenvalue weighted by Gasteiger charge is 2.09. The Hall–Kier alpha value is -3.43. The fourth-order valence-corrected chi connectivity index (χ4v) is 2.57. The Labute approximate surface area is 161 Å². The van der Waals surface area contributed by atoms with Crippen molar-refractivity contribution in [2.75, 3.05) is 11.9 Å². The van der Waals surface area contributed by atoms with Crippen LogP contribution < -0.4 is 10.6 Å². The predicted octanol–water partition coefficient (Wildman–Crippen LogP) is 3.72. The summed E-state index contributed by atoms with van der Waals surface area (Å²) in [7, 11) is 0. The lowest BCUT2D eigenvalue weighted by Crippen LogP contribution is -2.26. The van der Waals surface area contributed by atoms with Crippen LogP contribution in [0.2, 0.25) is 5.02 Å². The van der Waals surface area contributed by atoms with Crippen LogP contribution in [-0.2, 0) is 6.42 Å². The van der Waals surface area contributed by atoms with Crippen LogP contribution in [0, 0.1) is 11.3 Å². The lowest BCUT2D eigenvalue weighted by molar-refractivity contribution is 0.0949. The molecule has 0 spiro atoms. The third-order valence-electron chi connectivity index (χ3n) is 3.82. The fraction of sp³-hybridized carbons (Fsp3) is 0.100. The normalized spacial score (nSPS) is 10.1. The molecular weight excluding hydrogens is 362 g/mol. The van der Waals surface area contributed by atoms with E-state index in [1.807, 2.05) is 30.3 Å². The van der Waals surface area contributed by atoms with Gasteiger partial charge in [-0.25, -0.2) is 9.97 Å². The largest absolute Gasteiger partial charge is 0.350 e. The van der Waals surface area contributed by atoms with Crippen LogP contribution >= 0.6 is 11.6 Å². The summed E-state index contributed by atoms with van der Waals surface area (Å²) in [5.74, 6) is 0.151. The highest BCUT2D eigenvalue weighted by molar-refractivity contribution is 6.30. The lowest BCUT2D eigenvalue weighted by atomic mass is 10.1. The van der Waals surface area contributed by atoms with Crippen molar-refractivity contribution in [3.8, 4) is 6.07 Å². The topological polar surface area (TPSA) is 90.7 Å². The van der Waals surface area contributed by atoms with Gasteiger partial charge in [0.2, 0.25) is 0 Å². The number of hydrogen-bond donors (Lipinski definition) is 2. The van der Waals surface area contributed by atoms with Gasteiger partial charge in [0.15, 0.2) is 0 Å². The molecule has 1 heterocycles. The molecule has 134 valence electrons. The number of rotatable bonds is 6. The molecule has 1 amide bonds. The number of para-hydroxylation sites is 1. The molecule has 0 radical (unpaired) electrons. The summed E-state index contributed by atoms with van der Waals surface area (Å²) in [6, 6.07) is 18.2. The summed E-state index contributed by atoms with van der Waals surface area (Å²) >= 11 is 5.86. The number of benzene rings is 2. The Balaban J connectivity index is 1.61. The molecule has 0 aliphatic carbocycles. The molecule has 0 saturated heterocycles. The molecule has 0 fully saturated rings. The molecule has 0 aliphatic heterocycles. The Bertz CT molecular complexity index is 982. The molecule has 2 N–H and O–H groups in total. The summed E-state index contributed by atoms with van der Waals surface area (Å²) in [6.07, 6.45) is 2.00. The number of carbonyl (C=O) groups is 1. The lowest BCUT2D eigenvalue weighted by Gasteiger charge is -2.09. The molecule has 0 aliphatic rings. The maximum atomic E-state index is 12.3. The van der Waals surface area contributed by atoms with Crippen molar-refractivity contribution >= 4 is 29.0 Å². The van der Waals surface area contributed by atoms with E-state index in [0.717, 1.165) is 5.56 Å². The van der Waals surface area contributed by atoms with Gasteiger partial charge in [-0.3, -0.25) is 4.79 Å². The molecule has 0 bridgehead atoms. The minimum absolute atomic E-state index is 0.248. The minimum Gasteiger partial charge on any atom is -0.350 e. The second kappa shape index (κ2) is 8.79. The summed E-state index contributed by atoms with van der Waals surface area (Å²) in [6.45, 7) is 0.477. The number of amides is 1. The number of halogens is 1. The van der Waals surface area contributed by atoms with Crippen molar-refractivity contribution in [2.24, 2.45) is 0 Å². The zero-order valence-electron chi connectivity index (χ0n) is 14.3. The number of aromatic nitrogens is 2. The van der Waals surface area contributed by atoms with E-state index >= 15 is 0 Å². The summed E-state index contributed by atoms with van der Waals surface area (Å²) in [4.78, 5) is 20.4. The standard InChI is InChI=1S/C20H16ClN5O/c21-16-7-5-14(6-8-16)9-10-23-20(27)18-11-19(25-13-24-18)26-17-4-2-1-3-15(17)12-22/h1-8,11,13H,9-10H2,(H,23,27)(H,24,25,26). The molecule has 3 rings (SSSR count). The van der Waals surface area contributed by atoms with Gasteiger partial charge in [-0.05, 0) is 36.2 Å². The molecule has 27 heavy (non-hydrogen) atoms. The minimum atomic E-state index is -0.289. The van der Waals surface area contributed by atoms with Gasteiger partial charge in [-0.1, -0.05) is 35.9 Å². The monoisotopic (exact) mass is 377 g/mol. The molecule has 0 saturated carbocycles. The quantitative estimate of drug-likeness (QED) is 0.683. The molecule has 0 atom stereocenters. The van der Waals surface area contributed by atoms with Crippen molar-refractivity contribution in [2.45, 2.75) is 6.42 Å². The zero-order valence-corrected chi connectivity index (χ0v) is 15.1. The second-order valence-corrected chi connectivity index (χ2v) is 6.14. The van der Waals surface area contributed by atoms with Crippen LogP contribution in [0.25, 0.3) is 0 Å². The summed E-state index contributed by atoms with van der Waals surface area (Å²) in [5, 5.41) is 15.7. The van der Waals surface area contributed by atoms with E-state index in [2.05, 4.69) is 26.7 Å². The molecule has 7 heteroatoms. The highest BCUT2D eigenvalue weighted by atomic mass is 35.5. The number of nitriles is 1. The Morgan fingerprint density at radius 3 is 2.67 bits per heavy atom. The van der Waals surface area contributed by atoms with Crippen molar-refractivity contribution in [3.05, 3.63) is 82.8 Å². The van der Waals surface area contributed by atoms with Crippen molar-refractivity contribution in [3.63, 3.8) is 0 Å². The van der Waals surface area contributed by atoms with E-state index in [1.54, 1.807) is 24.3 Å². The van der Waals surface area contributed by atoms with E-state index in [-0.39, 0.29) is 11.6 Å². The van der Waals surface area contributed by atoms with E-state index in [4.69, 9.17) is 16.9 Å². The summed E-state index contributed by atoms with van der Waals surface area (Å²) in [5.41, 5.74) is 2.44. The van der Waals surface area contributed by atoms with Crippen LogP contribution in [0.5, 0.6) is 0 Å². The van der Waals surface area contributed by atoms with Crippen LogP contribution in [0.3, 0.4) is 0 Å². The summed E-state index contributed by atoms with van der Waals surface area (Å²) < 4.78 is 0. The van der Waals surface area contributed by atoms with Gasteiger partial charge >= 0.3 is 0 Å². The first-order valence-electron chi connectivity index (χ1n) is 8.26. The number of carbonyl (C=O) groups excluding carboxylic acids is 1. The first kappa shape index (κ1) is 18.4. The Morgan fingerprint density at radius 2 is 1.89 bits per heavy atom. The van der Waals surface area contributed by atoms with Gasteiger partial charge < -0.3 is 10.6 Å². The Morgan fingerprint density at radius 1 is 1.11 bits per heavy atom. The molecule has 0 unspecified atom stereocenters. The van der Waals surface area contributed by atoms with Crippen LogP contribution in [-0.4, -0.2) is 22.4 Å². The maximum Gasteiger partial charge on any atom is 0.270 e. The number of hydrogen-bond acceptors (Lipinski definition) is 5. The molecule has 6 nitrogen and oxygen atoms in total. The van der Waals surface area contributed by atoms with Gasteiger partial charge in [0.25, 0.3) is 5.91 Å². The van der Waals surface area contributed by atoms with Crippen molar-refractivity contribution in [1.29, 1.82) is 5.26 Å². The van der Waals surface area contributed by atoms with Crippen LogP contribution in [0.15, 0.2) is 60.9 Å². The highest BCUT2D eigenvalue weighted by Crippen LogP contribution is 2.18. The number of anilines is 2. The van der Waals surface area contributed by atoms with Crippen molar-refractivity contribution in [1.82, 2.24) is 15.3 Å². The van der Waals surface area contributed by atoms with Gasteiger partial charge in [0, 0.05) is 17.6 Å². The van der Waals surface area contributed by atoms with E-state index < -0.39 is 0 Å². The first-order valence-corrected chi connectivity index (χ1v) is 8.64. The number of nitrogens with zero attached hydrogens (tertiary/aromatic N) is 3. The SMILES string of the molecule is N#Cc1ccccc1Nc1cc(C(=O)NCCc2ccc(Cl)cc2)ncn1. The van der Waals surface area contributed by atoms with Gasteiger partial charge in [-0.2, -0.15) is 5.26 Å².